The average molecular weight is 386 g/mol. The lowest BCUT2D eigenvalue weighted by atomic mass is 10.1. The van der Waals surface area contributed by atoms with Gasteiger partial charge in [-0.15, -0.1) is 0 Å². The van der Waals surface area contributed by atoms with Gasteiger partial charge in [0.15, 0.2) is 0 Å². The smallest absolute Gasteiger partial charge is 0.254 e. The molecular weight excluding hydrogens is 369 g/mol. The van der Waals surface area contributed by atoms with Crippen LogP contribution in [0, 0.1) is 0 Å². The molecule has 3 aromatic rings. The van der Waals surface area contributed by atoms with Gasteiger partial charge in [0.25, 0.3) is 5.91 Å². The minimum absolute atomic E-state index is 0.0188. The fourth-order valence-corrected chi connectivity index (χ4v) is 3.48. The summed E-state index contributed by atoms with van der Waals surface area (Å²) in [5.41, 5.74) is 1.55. The third-order valence-electron chi connectivity index (χ3n) is 4.64. The van der Waals surface area contributed by atoms with Gasteiger partial charge in [-0.3, -0.25) is 4.79 Å². The quantitative estimate of drug-likeness (QED) is 0.651. The zero-order valence-electron chi connectivity index (χ0n) is 14.0. The van der Waals surface area contributed by atoms with Crippen LogP contribution in [0.25, 0.3) is 10.9 Å². The summed E-state index contributed by atoms with van der Waals surface area (Å²) in [6.07, 6.45) is 0. The van der Waals surface area contributed by atoms with Gasteiger partial charge in [0.2, 0.25) is 0 Å². The van der Waals surface area contributed by atoms with Crippen molar-refractivity contribution < 1.29 is 4.79 Å². The summed E-state index contributed by atoms with van der Waals surface area (Å²) < 4.78 is 0. The van der Waals surface area contributed by atoms with Crippen molar-refractivity contribution in [2.75, 3.05) is 31.1 Å². The van der Waals surface area contributed by atoms with E-state index in [4.69, 9.17) is 28.2 Å². The number of halogens is 2. The van der Waals surface area contributed by atoms with Gasteiger partial charge in [0.05, 0.1) is 15.6 Å². The zero-order chi connectivity index (χ0) is 18.1. The van der Waals surface area contributed by atoms with Crippen LogP contribution in [-0.4, -0.2) is 42.0 Å². The Morgan fingerprint density at radius 2 is 1.65 bits per heavy atom. The number of benzene rings is 2. The number of rotatable bonds is 2. The topological polar surface area (TPSA) is 36.4 Å². The second kappa shape index (κ2) is 7.14. The number of hydrogen-bond acceptors (Lipinski definition) is 3. The number of hydrogen-bond donors (Lipinski definition) is 0. The first-order chi connectivity index (χ1) is 12.6. The first-order valence-corrected chi connectivity index (χ1v) is 9.22. The molecule has 0 N–H and O–H groups in total. The minimum atomic E-state index is -0.0188. The lowest BCUT2D eigenvalue weighted by molar-refractivity contribution is 0.0746. The summed E-state index contributed by atoms with van der Waals surface area (Å²) in [6.45, 7) is 2.79. The van der Waals surface area contributed by atoms with E-state index in [2.05, 4.69) is 17.0 Å². The Labute approximate surface area is 161 Å². The van der Waals surface area contributed by atoms with Crippen LogP contribution in [-0.2, 0) is 0 Å². The van der Waals surface area contributed by atoms with E-state index in [1.807, 2.05) is 29.2 Å². The maximum atomic E-state index is 12.7. The number of carbonyl (C=O) groups excluding carboxylic acids is 1. The Kier molecular flexibility index (Phi) is 4.70. The van der Waals surface area contributed by atoms with E-state index < -0.39 is 0 Å². The van der Waals surface area contributed by atoms with E-state index in [0.29, 0.717) is 28.7 Å². The van der Waals surface area contributed by atoms with E-state index in [1.165, 1.54) is 0 Å². The summed E-state index contributed by atoms with van der Waals surface area (Å²) in [5.74, 6) is 0.931. The van der Waals surface area contributed by atoms with Gasteiger partial charge < -0.3 is 9.80 Å². The Morgan fingerprint density at radius 1 is 0.885 bits per heavy atom. The second-order valence-corrected chi connectivity index (χ2v) is 7.08. The van der Waals surface area contributed by atoms with Crippen molar-refractivity contribution in [2.45, 2.75) is 0 Å². The normalized spacial score (nSPS) is 14.7. The highest BCUT2D eigenvalue weighted by molar-refractivity contribution is 6.42. The van der Waals surface area contributed by atoms with Crippen LogP contribution in [0.5, 0.6) is 0 Å². The molecule has 4 nitrogen and oxygen atoms in total. The van der Waals surface area contributed by atoms with E-state index in [1.54, 1.807) is 18.2 Å². The van der Waals surface area contributed by atoms with E-state index >= 15 is 0 Å². The predicted molar refractivity (Wildman–Crippen MR) is 106 cm³/mol. The molecule has 0 bridgehead atoms. The van der Waals surface area contributed by atoms with E-state index in [0.717, 1.165) is 29.8 Å². The number of amides is 1. The van der Waals surface area contributed by atoms with Crippen LogP contribution < -0.4 is 4.90 Å². The molecule has 1 aliphatic heterocycles. The molecule has 1 aromatic heterocycles. The molecule has 6 heteroatoms. The molecule has 2 aromatic carbocycles. The van der Waals surface area contributed by atoms with Crippen molar-refractivity contribution in [1.29, 1.82) is 0 Å². The van der Waals surface area contributed by atoms with Gasteiger partial charge in [-0.1, -0.05) is 41.4 Å². The fraction of sp³-hybridized carbons (Fsp3) is 0.200. The largest absolute Gasteiger partial charge is 0.353 e. The standard InChI is InChI=1S/C20H17Cl2N3O/c21-16-7-5-15(13-17(16)22)20(26)25-11-9-24(10-12-25)19-8-6-14-3-1-2-4-18(14)23-19/h1-8,13H,9-12H2. The van der Waals surface area contributed by atoms with Crippen molar-refractivity contribution in [2.24, 2.45) is 0 Å². The summed E-state index contributed by atoms with van der Waals surface area (Å²) in [6, 6.07) is 17.2. The fourth-order valence-electron chi connectivity index (χ4n) is 3.18. The van der Waals surface area contributed by atoms with Crippen molar-refractivity contribution >= 4 is 45.8 Å². The molecule has 0 aliphatic carbocycles. The van der Waals surface area contributed by atoms with Crippen LogP contribution in [0.4, 0.5) is 5.82 Å². The predicted octanol–water partition coefficient (Wildman–Crippen LogP) is 4.50. The summed E-state index contributed by atoms with van der Waals surface area (Å²) in [5, 5.41) is 1.98. The number of anilines is 1. The molecule has 0 atom stereocenters. The van der Waals surface area contributed by atoms with Gasteiger partial charge in [0, 0.05) is 37.1 Å². The first kappa shape index (κ1) is 17.1. The SMILES string of the molecule is O=C(c1ccc(Cl)c(Cl)c1)N1CCN(c2ccc3ccccc3n2)CC1. The number of para-hydroxylation sites is 1. The molecule has 2 heterocycles. The Morgan fingerprint density at radius 3 is 2.42 bits per heavy atom. The monoisotopic (exact) mass is 385 g/mol. The number of aromatic nitrogens is 1. The highest BCUT2D eigenvalue weighted by Crippen LogP contribution is 2.24. The maximum absolute atomic E-state index is 12.7. The molecule has 0 radical (unpaired) electrons. The van der Waals surface area contributed by atoms with E-state index in [-0.39, 0.29) is 5.91 Å². The molecule has 0 saturated carbocycles. The number of fused-ring (bicyclic) bond motifs is 1. The van der Waals surface area contributed by atoms with Crippen LogP contribution in [0.3, 0.4) is 0 Å². The molecule has 26 heavy (non-hydrogen) atoms. The third-order valence-corrected chi connectivity index (χ3v) is 5.38. The molecule has 0 spiro atoms. The van der Waals surface area contributed by atoms with Gasteiger partial charge in [-0.05, 0) is 36.4 Å². The summed E-state index contributed by atoms with van der Waals surface area (Å²) in [4.78, 5) is 21.5. The van der Waals surface area contributed by atoms with Crippen molar-refractivity contribution in [3.8, 4) is 0 Å². The maximum Gasteiger partial charge on any atom is 0.254 e. The van der Waals surface area contributed by atoms with Crippen molar-refractivity contribution in [3.05, 3.63) is 70.2 Å². The second-order valence-electron chi connectivity index (χ2n) is 6.27. The van der Waals surface area contributed by atoms with Gasteiger partial charge in [0.1, 0.15) is 5.82 Å². The zero-order valence-corrected chi connectivity index (χ0v) is 15.5. The third kappa shape index (κ3) is 3.35. The molecule has 1 amide bonds. The van der Waals surface area contributed by atoms with Crippen molar-refractivity contribution in [3.63, 3.8) is 0 Å². The Hall–Kier alpha value is -2.30. The molecular formula is C20H17Cl2N3O. The number of piperazine rings is 1. The molecule has 1 fully saturated rings. The lowest BCUT2D eigenvalue weighted by Gasteiger charge is -2.35. The average Bonchev–Trinajstić information content (AvgIpc) is 2.69. The van der Waals surface area contributed by atoms with Gasteiger partial charge in [-0.25, -0.2) is 4.98 Å². The molecule has 132 valence electrons. The van der Waals surface area contributed by atoms with Crippen LogP contribution in [0.1, 0.15) is 10.4 Å². The first-order valence-electron chi connectivity index (χ1n) is 8.47. The number of pyridine rings is 1. The lowest BCUT2D eigenvalue weighted by Crippen LogP contribution is -2.49. The van der Waals surface area contributed by atoms with Crippen LogP contribution >= 0.6 is 23.2 Å². The molecule has 0 unspecified atom stereocenters. The van der Waals surface area contributed by atoms with Gasteiger partial charge >= 0.3 is 0 Å². The highest BCUT2D eigenvalue weighted by Gasteiger charge is 2.23. The molecule has 4 rings (SSSR count). The molecule has 1 aliphatic rings. The Balaban J connectivity index is 1.46. The summed E-state index contributed by atoms with van der Waals surface area (Å²) >= 11 is 12.0. The number of nitrogens with zero attached hydrogens (tertiary/aromatic N) is 3. The van der Waals surface area contributed by atoms with Crippen LogP contribution in [0.15, 0.2) is 54.6 Å². The van der Waals surface area contributed by atoms with Crippen molar-refractivity contribution in [1.82, 2.24) is 9.88 Å². The minimum Gasteiger partial charge on any atom is -0.353 e. The van der Waals surface area contributed by atoms with Crippen LogP contribution in [0.2, 0.25) is 10.0 Å². The van der Waals surface area contributed by atoms with E-state index in [9.17, 15) is 4.79 Å². The summed E-state index contributed by atoms with van der Waals surface area (Å²) in [7, 11) is 0. The Bertz CT molecular complexity index is 968. The number of carbonyl (C=O) groups is 1. The molecule has 1 saturated heterocycles. The highest BCUT2D eigenvalue weighted by atomic mass is 35.5. The van der Waals surface area contributed by atoms with Gasteiger partial charge in [-0.2, -0.15) is 0 Å².